The number of nitrogens with two attached hydrogens (primary N) is 1. The lowest BCUT2D eigenvalue weighted by Gasteiger charge is -2.16. The normalized spacial score (nSPS) is 11.6. The minimum atomic E-state index is -3.73. The summed E-state index contributed by atoms with van der Waals surface area (Å²) in [6.07, 6.45) is 1.30. The second-order valence-corrected chi connectivity index (χ2v) is 7.46. The summed E-state index contributed by atoms with van der Waals surface area (Å²) in [4.78, 5) is 12.2. The average molecular weight is 367 g/mol. The quantitative estimate of drug-likeness (QED) is 0.769. The molecule has 0 unspecified atom stereocenters. The lowest BCUT2D eigenvalue weighted by molar-refractivity contribution is 0.102. The van der Waals surface area contributed by atoms with Crippen molar-refractivity contribution >= 4 is 21.6 Å². The number of nitrogens with zero attached hydrogens (tertiary/aromatic N) is 1. The lowest BCUT2D eigenvalue weighted by Crippen LogP contribution is -2.23. The first kappa shape index (κ1) is 19.0. The van der Waals surface area contributed by atoms with Gasteiger partial charge in [-0.25, -0.2) is 12.7 Å². The highest BCUT2D eigenvalue weighted by atomic mass is 32.2. The van der Waals surface area contributed by atoms with Gasteiger partial charge in [-0.05, 0) is 31.2 Å². The molecule has 0 spiro atoms. The third-order valence-electron chi connectivity index (χ3n) is 3.38. The Kier molecular flexibility index (Phi) is 5.83. The molecule has 1 aromatic heterocycles. The Morgan fingerprint density at radius 1 is 1.32 bits per heavy atom. The molecule has 2 rings (SSSR count). The molecule has 0 bridgehead atoms. The van der Waals surface area contributed by atoms with Gasteiger partial charge >= 0.3 is 0 Å². The van der Waals surface area contributed by atoms with Crippen LogP contribution in [0.2, 0.25) is 0 Å². The van der Waals surface area contributed by atoms with Crippen LogP contribution < -0.4 is 15.8 Å². The van der Waals surface area contributed by atoms with Gasteiger partial charge in [0.25, 0.3) is 5.91 Å². The Balaban J connectivity index is 2.34. The van der Waals surface area contributed by atoms with Crippen LogP contribution in [0, 0.1) is 0 Å². The van der Waals surface area contributed by atoms with E-state index in [-0.39, 0.29) is 17.2 Å². The van der Waals surface area contributed by atoms with Gasteiger partial charge in [-0.3, -0.25) is 4.79 Å². The highest BCUT2D eigenvalue weighted by Crippen LogP contribution is 2.29. The summed E-state index contributed by atoms with van der Waals surface area (Å²) in [5.41, 5.74) is 6.07. The zero-order chi connectivity index (χ0) is 18.6. The van der Waals surface area contributed by atoms with Gasteiger partial charge in [0.2, 0.25) is 10.0 Å². The maximum atomic E-state index is 12.5. The van der Waals surface area contributed by atoms with Gasteiger partial charge in [0.15, 0.2) is 0 Å². The Morgan fingerprint density at radius 2 is 2.04 bits per heavy atom. The fraction of sp³-hybridized carbons (Fsp3) is 0.312. The number of hydrogen-bond acceptors (Lipinski definition) is 6. The molecule has 1 amide bonds. The monoisotopic (exact) mass is 367 g/mol. The molecule has 8 nitrogen and oxygen atoms in total. The van der Waals surface area contributed by atoms with Crippen LogP contribution in [0.4, 0.5) is 5.69 Å². The fourth-order valence-electron chi connectivity index (χ4n) is 2.07. The van der Waals surface area contributed by atoms with Gasteiger partial charge in [-0.1, -0.05) is 0 Å². The second-order valence-electron chi connectivity index (χ2n) is 5.34. The van der Waals surface area contributed by atoms with Crippen molar-refractivity contribution < 1.29 is 22.4 Å². The Hall–Kier alpha value is -2.36. The predicted octanol–water partition coefficient (Wildman–Crippen LogP) is 1.64. The van der Waals surface area contributed by atoms with E-state index in [9.17, 15) is 13.2 Å². The third-order valence-corrected chi connectivity index (χ3v) is 5.21. The van der Waals surface area contributed by atoms with Crippen molar-refractivity contribution in [1.82, 2.24) is 4.31 Å². The van der Waals surface area contributed by atoms with Crippen LogP contribution in [0.25, 0.3) is 0 Å². The van der Waals surface area contributed by atoms with Gasteiger partial charge in [0, 0.05) is 19.8 Å². The van der Waals surface area contributed by atoms with Crippen molar-refractivity contribution in [3.8, 4) is 5.75 Å². The number of furan rings is 1. The maximum absolute atomic E-state index is 12.5. The van der Waals surface area contributed by atoms with E-state index in [1.807, 2.05) is 0 Å². The van der Waals surface area contributed by atoms with E-state index >= 15 is 0 Å². The molecule has 3 N–H and O–H groups in total. The van der Waals surface area contributed by atoms with Gasteiger partial charge < -0.3 is 20.2 Å². The standard InChI is InChI=1S/C16H21N3O5S/c1-4-23-14-6-5-12(8-15(14)25(21,22)19(2)3)18-16(20)11-7-13(9-17)24-10-11/h5-8,10H,4,9,17H2,1-3H3,(H,18,20). The van der Waals surface area contributed by atoms with Crippen molar-refractivity contribution in [2.45, 2.75) is 18.4 Å². The highest BCUT2D eigenvalue weighted by Gasteiger charge is 2.23. The number of nitrogens with one attached hydrogen (secondary N) is 1. The minimum absolute atomic E-state index is 0.0213. The number of hydrogen-bond donors (Lipinski definition) is 2. The van der Waals surface area contributed by atoms with E-state index in [1.165, 1.54) is 38.6 Å². The molecule has 0 saturated heterocycles. The fourth-order valence-corrected chi connectivity index (χ4v) is 3.12. The number of ether oxygens (including phenoxy) is 1. The van der Waals surface area contributed by atoms with Crippen molar-refractivity contribution in [3.63, 3.8) is 0 Å². The third kappa shape index (κ3) is 4.19. The number of carbonyl (C=O) groups excluding carboxylic acids is 1. The molecule has 0 atom stereocenters. The number of rotatable bonds is 7. The Morgan fingerprint density at radius 3 is 2.60 bits per heavy atom. The molecule has 0 aliphatic heterocycles. The molecule has 2 aromatic rings. The Labute approximate surface area is 146 Å². The largest absolute Gasteiger partial charge is 0.492 e. The van der Waals surface area contributed by atoms with Crippen LogP contribution in [0.1, 0.15) is 23.0 Å². The summed E-state index contributed by atoms with van der Waals surface area (Å²) in [6, 6.07) is 5.97. The molecule has 0 fully saturated rings. The molecular weight excluding hydrogens is 346 g/mol. The molecule has 0 radical (unpaired) electrons. The van der Waals surface area contributed by atoms with Crippen LogP contribution in [0.3, 0.4) is 0 Å². The number of amides is 1. The number of anilines is 1. The van der Waals surface area contributed by atoms with Crippen LogP contribution in [-0.2, 0) is 16.6 Å². The van der Waals surface area contributed by atoms with Crippen LogP contribution >= 0.6 is 0 Å². The summed E-state index contributed by atoms with van der Waals surface area (Å²) in [5, 5.41) is 2.64. The number of sulfonamides is 1. The number of benzene rings is 1. The summed E-state index contributed by atoms with van der Waals surface area (Å²) >= 11 is 0. The summed E-state index contributed by atoms with van der Waals surface area (Å²) in [7, 11) is -0.877. The highest BCUT2D eigenvalue weighted by molar-refractivity contribution is 7.89. The summed E-state index contributed by atoms with van der Waals surface area (Å²) in [5.74, 6) is 0.274. The molecule has 1 heterocycles. The molecule has 136 valence electrons. The zero-order valence-corrected chi connectivity index (χ0v) is 15.1. The zero-order valence-electron chi connectivity index (χ0n) is 14.3. The predicted molar refractivity (Wildman–Crippen MR) is 93.0 cm³/mol. The average Bonchev–Trinajstić information content (AvgIpc) is 3.05. The summed E-state index contributed by atoms with van der Waals surface area (Å²) in [6.45, 7) is 2.26. The van der Waals surface area contributed by atoms with Gasteiger partial charge in [0.1, 0.15) is 22.7 Å². The van der Waals surface area contributed by atoms with Crippen molar-refractivity contribution in [1.29, 1.82) is 0 Å². The summed E-state index contributed by atoms with van der Waals surface area (Å²) < 4.78 is 36.6. The van der Waals surface area contributed by atoms with Gasteiger partial charge in [-0.2, -0.15) is 0 Å². The van der Waals surface area contributed by atoms with E-state index in [4.69, 9.17) is 14.9 Å². The topological polar surface area (TPSA) is 115 Å². The first-order valence-corrected chi connectivity index (χ1v) is 9.01. The smallest absolute Gasteiger partial charge is 0.258 e. The molecule has 25 heavy (non-hydrogen) atoms. The van der Waals surface area contributed by atoms with E-state index in [1.54, 1.807) is 13.0 Å². The molecular formula is C16H21N3O5S. The van der Waals surface area contributed by atoms with Crippen molar-refractivity contribution in [3.05, 3.63) is 41.9 Å². The van der Waals surface area contributed by atoms with E-state index < -0.39 is 15.9 Å². The minimum Gasteiger partial charge on any atom is -0.492 e. The van der Waals surface area contributed by atoms with Crippen LogP contribution in [0.5, 0.6) is 5.75 Å². The van der Waals surface area contributed by atoms with Crippen molar-refractivity contribution in [2.75, 3.05) is 26.0 Å². The lowest BCUT2D eigenvalue weighted by atomic mass is 10.2. The number of carbonyl (C=O) groups is 1. The molecule has 0 aliphatic carbocycles. The molecule has 0 saturated carbocycles. The van der Waals surface area contributed by atoms with E-state index in [0.717, 1.165) is 4.31 Å². The van der Waals surface area contributed by atoms with E-state index in [0.29, 0.717) is 23.6 Å². The van der Waals surface area contributed by atoms with E-state index in [2.05, 4.69) is 5.32 Å². The molecule has 1 aromatic carbocycles. The van der Waals surface area contributed by atoms with Crippen LogP contribution in [0.15, 0.2) is 39.8 Å². The molecule has 9 heteroatoms. The SMILES string of the molecule is CCOc1ccc(NC(=O)c2coc(CN)c2)cc1S(=O)(=O)N(C)C. The second kappa shape index (κ2) is 7.68. The van der Waals surface area contributed by atoms with Crippen LogP contribution in [-0.4, -0.2) is 39.3 Å². The first-order valence-electron chi connectivity index (χ1n) is 7.57. The maximum Gasteiger partial charge on any atom is 0.258 e. The Bertz CT molecular complexity index is 858. The van der Waals surface area contributed by atoms with Gasteiger partial charge in [-0.15, -0.1) is 0 Å². The van der Waals surface area contributed by atoms with Crippen molar-refractivity contribution in [2.24, 2.45) is 5.73 Å². The van der Waals surface area contributed by atoms with Gasteiger partial charge in [0.05, 0.1) is 18.7 Å². The first-order chi connectivity index (χ1) is 11.8. The molecule has 0 aliphatic rings.